The summed E-state index contributed by atoms with van der Waals surface area (Å²) in [5.41, 5.74) is 0.157. The molecule has 1 aromatic carbocycles. The highest BCUT2D eigenvalue weighted by Crippen LogP contribution is 2.43. The molecule has 0 saturated carbocycles. The fourth-order valence-corrected chi connectivity index (χ4v) is 3.51. The largest absolute Gasteiger partial charge is 0.444 e. The molecule has 0 aliphatic carbocycles. The molecule has 0 atom stereocenters. The Balaban J connectivity index is 1.60. The molecule has 0 radical (unpaired) electrons. The van der Waals surface area contributed by atoms with Crippen LogP contribution in [0.3, 0.4) is 0 Å². The molecule has 1 aromatic rings. The zero-order valence-electron chi connectivity index (χ0n) is 13.7. The summed E-state index contributed by atoms with van der Waals surface area (Å²) in [7, 11) is 0. The van der Waals surface area contributed by atoms with Gasteiger partial charge in [0.05, 0.1) is 5.69 Å². The molecule has 2 aliphatic heterocycles. The van der Waals surface area contributed by atoms with Crippen LogP contribution in [0.2, 0.25) is 5.02 Å². The first-order valence-electron chi connectivity index (χ1n) is 7.85. The summed E-state index contributed by atoms with van der Waals surface area (Å²) < 4.78 is 19.4. The summed E-state index contributed by atoms with van der Waals surface area (Å²) >= 11 is 5.79. The van der Waals surface area contributed by atoms with E-state index in [4.69, 9.17) is 16.3 Å². The number of hydrogen-bond donors (Lipinski definition) is 0. The Morgan fingerprint density at radius 2 is 2.00 bits per heavy atom. The smallest absolute Gasteiger partial charge is 0.410 e. The van der Waals surface area contributed by atoms with E-state index in [9.17, 15) is 9.18 Å². The van der Waals surface area contributed by atoms with Crippen molar-refractivity contribution >= 4 is 23.4 Å². The third-order valence-electron chi connectivity index (χ3n) is 4.39. The topological polar surface area (TPSA) is 32.8 Å². The molecule has 0 N–H and O–H groups in total. The third kappa shape index (κ3) is 3.39. The van der Waals surface area contributed by atoms with Crippen LogP contribution >= 0.6 is 11.6 Å². The monoisotopic (exact) mass is 340 g/mol. The Labute approximate surface area is 141 Å². The van der Waals surface area contributed by atoms with Crippen molar-refractivity contribution in [3.63, 3.8) is 0 Å². The van der Waals surface area contributed by atoms with Gasteiger partial charge in [0.1, 0.15) is 11.4 Å². The van der Waals surface area contributed by atoms with Crippen LogP contribution in [-0.2, 0) is 4.74 Å². The molecule has 2 fully saturated rings. The van der Waals surface area contributed by atoms with E-state index in [1.54, 1.807) is 17.0 Å². The third-order valence-corrected chi connectivity index (χ3v) is 4.63. The van der Waals surface area contributed by atoms with Crippen molar-refractivity contribution < 1.29 is 13.9 Å². The fourth-order valence-electron chi connectivity index (χ4n) is 3.35. The lowest BCUT2D eigenvalue weighted by molar-refractivity contribution is 0.0265. The molecule has 23 heavy (non-hydrogen) atoms. The molecule has 126 valence electrons. The highest BCUT2D eigenvalue weighted by Gasteiger charge is 2.49. The zero-order chi connectivity index (χ0) is 16.8. The van der Waals surface area contributed by atoms with Crippen LogP contribution in [0.5, 0.6) is 0 Å². The number of benzene rings is 1. The van der Waals surface area contributed by atoms with Crippen molar-refractivity contribution in [1.82, 2.24) is 4.90 Å². The number of rotatable bonds is 1. The summed E-state index contributed by atoms with van der Waals surface area (Å²) in [6.07, 6.45) is 0.670. The summed E-state index contributed by atoms with van der Waals surface area (Å²) in [4.78, 5) is 15.9. The molecule has 4 nitrogen and oxygen atoms in total. The minimum Gasteiger partial charge on any atom is -0.444 e. The van der Waals surface area contributed by atoms with Crippen LogP contribution in [0, 0.1) is 11.2 Å². The average Bonchev–Trinajstić information content (AvgIpc) is 2.81. The number of anilines is 1. The van der Waals surface area contributed by atoms with E-state index >= 15 is 0 Å². The van der Waals surface area contributed by atoms with E-state index in [0.29, 0.717) is 23.8 Å². The molecule has 2 saturated heterocycles. The molecule has 3 rings (SSSR count). The van der Waals surface area contributed by atoms with Crippen molar-refractivity contribution in [3.8, 4) is 0 Å². The Morgan fingerprint density at radius 3 is 2.61 bits per heavy atom. The predicted octanol–water partition coefficient (Wildman–Crippen LogP) is 3.93. The summed E-state index contributed by atoms with van der Waals surface area (Å²) in [5.74, 6) is -0.297. The SMILES string of the molecule is CC(C)(C)OC(=O)N1CCC2(C1)CN(c1ccc(Cl)cc1F)C2. The Hall–Kier alpha value is -1.49. The highest BCUT2D eigenvalue weighted by atomic mass is 35.5. The predicted molar refractivity (Wildman–Crippen MR) is 88.5 cm³/mol. The number of carbonyl (C=O) groups is 1. The lowest BCUT2D eigenvalue weighted by Crippen LogP contribution is -2.58. The van der Waals surface area contributed by atoms with E-state index in [0.717, 1.165) is 19.5 Å². The summed E-state index contributed by atoms with van der Waals surface area (Å²) in [6, 6.07) is 4.75. The van der Waals surface area contributed by atoms with Gasteiger partial charge in [-0.3, -0.25) is 0 Å². The van der Waals surface area contributed by atoms with Crippen molar-refractivity contribution in [1.29, 1.82) is 0 Å². The first-order valence-corrected chi connectivity index (χ1v) is 8.23. The van der Waals surface area contributed by atoms with Gasteiger partial charge in [0.15, 0.2) is 0 Å². The van der Waals surface area contributed by atoms with Crippen LogP contribution in [0.25, 0.3) is 0 Å². The van der Waals surface area contributed by atoms with Gasteiger partial charge < -0.3 is 14.5 Å². The summed E-state index contributed by atoms with van der Waals surface area (Å²) in [5, 5.41) is 0.401. The number of amides is 1. The second kappa shape index (κ2) is 5.55. The molecule has 6 heteroatoms. The molecule has 0 bridgehead atoms. The van der Waals surface area contributed by atoms with Gasteiger partial charge in [-0.1, -0.05) is 11.6 Å². The van der Waals surface area contributed by atoms with Gasteiger partial charge in [0, 0.05) is 36.6 Å². The minimum atomic E-state index is -0.481. The van der Waals surface area contributed by atoms with E-state index in [1.807, 2.05) is 25.7 Å². The van der Waals surface area contributed by atoms with Crippen LogP contribution in [0.15, 0.2) is 18.2 Å². The molecule has 1 amide bonds. The Bertz CT molecular complexity index is 624. The van der Waals surface area contributed by atoms with Gasteiger partial charge in [0.2, 0.25) is 0 Å². The second-order valence-electron chi connectivity index (χ2n) is 7.60. The molecule has 0 unspecified atom stereocenters. The number of carbonyl (C=O) groups excluding carboxylic acids is 1. The maximum Gasteiger partial charge on any atom is 0.410 e. The van der Waals surface area contributed by atoms with Gasteiger partial charge in [-0.15, -0.1) is 0 Å². The van der Waals surface area contributed by atoms with Crippen molar-refractivity contribution in [2.75, 3.05) is 31.1 Å². The van der Waals surface area contributed by atoms with E-state index in [-0.39, 0.29) is 17.3 Å². The van der Waals surface area contributed by atoms with Crippen LogP contribution in [0.1, 0.15) is 27.2 Å². The van der Waals surface area contributed by atoms with E-state index < -0.39 is 5.60 Å². The molecular formula is C17H22ClFN2O2. The quantitative estimate of drug-likeness (QED) is 0.776. The van der Waals surface area contributed by atoms with Crippen LogP contribution in [-0.4, -0.2) is 42.8 Å². The van der Waals surface area contributed by atoms with Gasteiger partial charge in [-0.25, -0.2) is 9.18 Å². The molecular weight excluding hydrogens is 319 g/mol. The molecule has 2 aliphatic rings. The molecule has 1 spiro atoms. The fraction of sp³-hybridized carbons (Fsp3) is 0.588. The molecule has 2 heterocycles. The number of likely N-dealkylation sites (tertiary alicyclic amines) is 1. The normalized spacial score (nSPS) is 19.9. The number of ether oxygens (including phenoxy) is 1. The van der Waals surface area contributed by atoms with E-state index in [2.05, 4.69) is 0 Å². The van der Waals surface area contributed by atoms with Crippen LogP contribution < -0.4 is 4.90 Å². The lowest BCUT2D eigenvalue weighted by Gasteiger charge is -2.49. The second-order valence-corrected chi connectivity index (χ2v) is 8.04. The van der Waals surface area contributed by atoms with Gasteiger partial charge >= 0.3 is 6.09 Å². The lowest BCUT2D eigenvalue weighted by atomic mass is 9.78. The molecule has 0 aromatic heterocycles. The van der Waals surface area contributed by atoms with Crippen LogP contribution in [0.4, 0.5) is 14.9 Å². The number of halogens is 2. The average molecular weight is 341 g/mol. The first-order chi connectivity index (χ1) is 10.7. The number of nitrogens with zero attached hydrogens (tertiary/aromatic N) is 2. The van der Waals surface area contributed by atoms with Crippen molar-refractivity contribution in [2.24, 2.45) is 5.41 Å². The van der Waals surface area contributed by atoms with Gasteiger partial charge in [-0.2, -0.15) is 0 Å². The highest BCUT2D eigenvalue weighted by molar-refractivity contribution is 6.30. The summed E-state index contributed by atoms with van der Waals surface area (Å²) in [6.45, 7) is 8.48. The maximum absolute atomic E-state index is 14.0. The van der Waals surface area contributed by atoms with Gasteiger partial charge in [0.25, 0.3) is 0 Å². The Morgan fingerprint density at radius 1 is 1.30 bits per heavy atom. The van der Waals surface area contributed by atoms with E-state index in [1.165, 1.54) is 6.07 Å². The Kier molecular flexibility index (Phi) is 3.95. The standard InChI is InChI=1S/C17H22ClFN2O2/c1-16(2,3)23-15(22)20-7-6-17(9-20)10-21(11-17)14-5-4-12(18)8-13(14)19/h4-5,8H,6-7,9-11H2,1-3H3. The maximum atomic E-state index is 14.0. The minimum absolute atomic E-state index is 0.0585. The zero-order valence-corrected chi connectivity index (χ0v) is 14.5. The van der Waals surface area contributed by atoms with Crippen molar-refractivity contribution in [3.05, 3.63) is 29.0 Å². The number of hydrogen-bond acceptors (Lipinski definition) is 3. The first kappa shape index (κ1) is 16.4. The van der Waals surface area contributed by atoms with Gasteiger partial charge in [-0.05, 0) is 45.4 Å². The van der Waals surface area contributed by atoms with Crippen molar-refractivity contribution in [2.45, 2.75) is 32.8 Å².